The first kappa shape index (κ1) is 16.9. The number of imidazole rings is 1. The molecule has 0 aliphatic carbocycles. The molecule has 3 N–H and O–H groups in total. The number of benzene rings is 2. The normalized spacial score (nSPS) is 11.8. The molecule has 130 valence electrons. The number of hydrogen-bond donors (Lipinski definition) is 3. The van der Waals surface area contributed by atoms with Gasteiger partial charge in [-0.1, -0.05) is 0 Å². The molecule has 8 nitrogen and oxygen atoms in total. The number of carbonyl (C=O) groups excluding carboxylic acids is 1. The number of amides is 1. The molecule has 0 aliphatic heterocycles. The van der Waals surface area contributed by atoms with E-state index in [2.05, 4.69) is 15.3 Å². The van der Waals surface area contributed by atoms with Crippen molar-refractivity contribution in [1.29, 1.82) is 0 Å². The summed E-state index contributed by atoms with van der Waals surface area (Å²) in [5.74, 6) is -0.383. The van der Waals surface area contributed by atoms with Crippen LogP contribution in [0, 0.1) is 0 Å². The number of nitrogens with zero attached hydrogens (tertiary/aromatic N) is 1. The number of H-pyrrole nitrogens is 2. The zero-order chi connectivity index (χ0) is 18.2. The number of hydrogen-bond acceptors (Lipinski definition) is 4. The summed E-state index contributed by atoms with van der Waals surface area (Å²) in [6.45, 7) is 0. The first-order valence-electron chi connectivity index (χ1n) is 7.33. The van der Waals surface area contributed by atoms with Crippen LogP contribution in [0.4, 0.5) is 5.69 Å². The van der Waals surface area contributed by atoms with Crippen molar-refractivity contribution in [2.45, 2.75) is 4.90 Å². The van der Waals surface area contributed by atoms with Crippen molar-refractivity contribution in [3.63, 3.8) is 0 Å². The van der Waals surface area contributed by atoms with E-state index in [1.165, 1.54) is 38.4 Å². The van der Waals surface area contributed by atoms with Crippen LogP contribution in [-0.2, 0) is 10.0 Å². The first-order chi connectivity index (χ1) is 11.8. The molecule has 0 bridgehead atoms. The van der Waals surface area contributed by atoms with E-state index in [0.29, 0.717) is 22.3 Å². The SMILES string of the molecule is CN(C)S(=O)(=O)c1ccc(C(=O)Nc2ccc3[nH]c(=O)[nH]c3c2)cc1. The maximum atomic E-state index is 12.3. The summed E-state index contributed by atoms with van der Waals surface area (Å²) in [6.07, 6.45) is 0. The van der Waals surface area contributed by atoms with Crippen molar-refractivity contribution in [3.8, 4) is 0 Å². The molecule has 0 fully saturated rings. The van der Waals surface area contributed by atoms with Crippen molar-refractivity contribution in [2.75, 3.05) is 19.4 Å². The molecule has 1 aromatic heterocycles. The van der Waals surface area contributed by atoms with Gasteiger partial charge in [0.2, 0.25) is 10.0 Å². The van der Waals surface area contributed by atoms with Gasteiger partial charge in [0.1, 0.15) is 0 Å². The Bertz CT molecular complexity index is 1100. The number of aromatic nitrogens is 2. The van der Waals surface area contributed by atoms with Gasteiger partial charge < -0.3 is 15.3 Å². The van der Waals surface area contributed by atoms with Crippen molar-refractivity contribution < 1.29 is 13.2 Å². The fraction of sp³-hybridized carbons (Fsp3) is 0.125. The number of carbonyl (C=O) groups is 1. The average molecular weight is 360 g/mol. The third-order valence-corrected chi connectivity index (χ3v) is 5.50. The highest BCUT2D eigenvalue weighted by Gasteiger charge is 2.17. The van der Waals surface area contributed by atoms with Crippen LogP contribution in [0.25, 0.3) is 11.0 Å². The second-order valence-corrected chi connectivity index (χ2v) is 7.76. The molecule has 3 rings (SSSR count). The van der Waals surface area contributed by atoms with E-state index in [-0.39, 0.29) is 16.5 Å². The number of sulfonamides is 1. The van der Waals surface area contributed by atoms with Gasteiger partial charge in [0.15, 0.2) is 0 Å². The van der Waals surface area contributed by atoms with Gasteiger partial charge in [0, 0.05) is 25.3 Å². The molecule has 0 saturated heterocycles. The van der Waals surface area contributed by atoms with Crippen molar-refractivity contribution >= 4 is 32.7 Å². The predicted molar refractivity (Wildman–Crippen MR) is 94.2 cm³/mol. The van der Waals surface area contributed by atoms with Crippen LogP contribution in [0.3, 0.4) is 0 Å². The second kappa shape index (κ2) is 6.19. The highest BCUT2D eigenvalue weighted by molar-refractivity contribution is 7.89. The summed E-state index contributed by atoms with van der Waals surface area (Å²) in [5.41, 5.74) is 1.73. The van der Waals surface area contributed by atoms with E-state index in [9.17, 15) is 18.0 Å². The van der Waals surface area contributed by atoms with Gasteiger partial charge in [-0.3, -0.25) is 4.79 Å². The van der Waals surface area contributed by atoms with Crippen molar-refractivity contribution in [3.05, 3.63) is 58.5 Å². The molecular formula is C16H16N4O4S. The molecule has 2 aromatic carbocycles. The zero-order valence-electron chi connectivity index (χ0n) is 13.5. The molecule has 25 heavy (non-hydrogen) atoms. The fourth-order valence-corrected chi connectivity index (χ4v) is 3.20. The van der Waals surface area contributed by atoms with Crippen LogP contribution in [0.15, 0.2) is 52.2 Å². The number of rotatable bonds is 4. The zero-order valence-corrected chi connectivity index (χ0v) is 14.3. The largest absolute Gasteiger partial charge is 0.323 e. The lowest BCUT2D eigenvalue weighted by Crippen LogP contribution is -2.22. The summed E-state index contributed by atoms with van der Waals surface area (Å²) in [4.78, 5) is 28.9. The monoisotopic (exact) mass is 360 g/mol. The molecule has 0 unspecified atom stereocenters. The minimum absolute atomic E-state index is 0.111. The lowest BCUT2D eigenvalue weighted by Gasteiger charge is -2.11. The van der Waals surface area contributed by atoms with Crippen LogP contribution >= 0.6 is 0 Å². The average Bonchev–Trinajstić information content (AvgIpc) is 2.94. The van der Waals surface area contributed by atoms with Crippen LogP contribution in [0.5, 0.6) is 0 Å². The lowest BCUT2D eigenvalue weighted by atomic mass is 10.2. The molecule has 0 saturated carbocycles. The van der Waals surface area contributed by atoms with Crippen LogP contribution in [-0.4, -0.2) is 42.7 Å². The molecule has 9 heteroatoms. The Kier molecular flexibility index (Phi) is 4.19. The van der Waals surface area contributed by atoms with Crippen LogP contribution < -0.4 is 11.0 Å². The molecule has 1 amide bonds. The van der Waals surface area contributed by atoms with Gasteiger partial charge in [-0.25, -0.2) is 17.5 Å². The van der Waals surface area contributed by atoms with E-state index in [1.54, 1.807) is 18.2 Å². The van der Waals surface area contributed by atoms with E-state index >= 15 is 0 Å². The summed E-state index contributed by atoms with van der Waals surface area (Å²) >= 11 is 0. The van der Waals surface area contributed by atoms with Gasteiger partial charge in [-0.05, 0) is 42.5 Å². The summed E-state index contributed by atoms with van der Waals surface area (Å²) < 4.78 is 25.2. The van der Waals surface area contributed by atoms with E-state index in [0.717, 1.165) is 4.31 Å². The van der Waals surface area contributed by atoms with Crippen molar-refractivity contribution in [2.24, 2.45) is 0 Å². The molecule has 0 atom stereocenters. The first-order valence-corrected chi connectivity index (χ1v) is 8.77. The summed E-state index contributed by atoms with van der Waals surface area (Å²) in [6, 6.07) is 10.6. The molecule has 3 aromatic rings. The molecule has 0 aliphatic rings. The fourth-order valence-electron chi connectivity index (χ4n) is 2.30. The topological polar surface area (TPSA) is 115 Å². The molecule has 0 spiro atoms. The van der Waals surface area contributed by atoms with Gasteiger partial charge in [-0.15, -0.1) is 0 Å². The minimum atomic E-state index is -3.54. The summed E-state index contributed by atoms with van der Waals surface area (Å²) in [5, 5.41) is 2.71. The molecular weight excluding hydrogens is 344 g/mol. The number of anilines is 1. The number of fused-ring (bicyclic) bond motifs is 1. The molecule has 0 radical (unpaired) electrons. The van der Waals surface area contributed by atoms with Crippen molar-refractivity contribution in [1.82, 2.24) is 14.3 Å². The third kappa shape index (κ3) is 3.32. The standard InChI is InChI=1S/C16H16N4O4S/c1-20(2)25(23,24)12-6-3-10(4-7-12)15(21)17-11-5-8-13-14(9-11)19-16(22)18-13/h3-9H,1-2H3,(H,17,21)(H2,18,19,22). The van der Waals surface area contributed by atoms with E-state index < -0.39 is 10.0 Å². The smallest absolute Gasteiger partial charge is 0.322 e. The van der Waals surface area contributed by atoms with Gasteiger partial charge in [0.05, 0.1) is 15.9 Å². The van der Waals surface area contributed by atoms with Gasteiger partial charge in [0.25, 0.3) is 5.91 Å². The Morgan fingerprint density at radius 1 is 1.00 bits per heavy atom. The minimum Gasteiger partial charge on any atom is -0.322 e. The Morgan fingerprint density at radius 3 is 2.28 bits per heavy atom. The Morgan fingerprint density at radius 2 is 1.64 bits per heavy atom. The van der Waals surface area contributed by atoms with Crippen LogP contribution in [0.1, 0.15) is 10.4 Å². The Balaban J connectivity index is 1.81. The lowest BCUT2D eigenvalue weighted by molar-refractivity contribution is 0.102. The quantitative estimate of drug-likeness (QED) is 0.651. The van der Waals surface area contributed by atoms with E-state index in [4.69, 9.17) is 0 Å². The maximum Gasteiger partial charge on any atom is 0.323 e. The number of aromatic amines is 2. The molecule has 1 heterocycles. The second-order valence-electron chi connectivity index (χ2n) is 5.61. The van der Waals surface area contributed by atoms with Crippen LogP contribution in [0.2, 0.25) is 0 Å². The Labute approximate surface area is 143 Å². The predicted octanol–water partition coefficient (Wildman–Crippen LogP) is 1.36. The Hall–Kier alpha value is -2.91. The maximum absolute atomic E-state index is 12.3. The van der Waals surface area contributed by atoms with E-state index in [1.807, 2.05) is 0 Å². The van der Waals surface area contributed by atoms with Gasteiger partial charge in [-0.2, -0.15) is 0 Å². The third-order valence-electron chi connectivity index (χ3n) is 3.67. The highest BCUT2D eigenvalue weighted by Crippen LogP contribution is 2.17. The highest BCUT2D eigenvalue weighted by atomic mass is 32.2. The van der Waals surface area contributed by atoms with Gasteiger partial charge >= 0.3 is 5.69 Å². The number of nitrogens with one attached hydrogen (secondary N) is 3. The summed E-state index contributed by atoms with van der Waals surface area (Å²) in [7, 11) is -0.652.